The first-order chi connectivity index (χ1) is 14.2. The molecule has 0 aliphatic carbocycles. The molecule has 0 amide bonds. The molecule has 0 unspecified atom stereocenters. The Balaban J connectivity index is 0.00000450. The summed E-state index contributed by atoms with van der Waals surface area (Å²) in [6, 6.07) is 16.1. The van der Waals surface area contributed by atoms with E-state index in [-0.39, 0.29) is 24.0 Å². The van der Waals surface area contributed by atoms with E-state index in [2.05, 4.69) is 46.5 Å². The van der Waals surface area contributed by atoms with Crippen LogP contribution in [0.15, 0.2) is 53.5 Å². The van der Waals surface area contributed by atoms with E-state index in [0.717, 1.165) is 48.2 Å². The first kappa shape index (κ1) is 26.0. The smallest absolute Gasteiger partial charge is 0.191 e. The number of rotatable bonds is 11. The van der Waals surface area contributed by atoms with Crippen molar-refractivity contribution in [1.29, 1.82) is 0 Å². The number of hydrogen-bond donors (Lipinski definition) is 2. The van der Waals surface area contributed by atoms with Crippen molar-refractivity contribution in [2.75, 3.05) is 40.4 Å². The fraction of sp³-hybridized carbons (Fsp3) is 0.435. The van der Waals surface area contributed by atoms with Crippen LogP contribution in [0.1, 0.15) is 25.0 Å². The molecule has 0 atom stereocenters. The highest BCUT2D eigenvalue weighted by Gasteiger charge is 2.06. The zero-order valence-electron chi connectivity index (χ0n) is 18.5. The maximum Gasteiger partial charge on any atom is 0.191 e. The van der Waals surface area contributed by atoms with Crippen molar-refractivity contribution in [3.8, 4) is 11.5 Å². The topological polar surface area (TPSA) is 58.1 Å². The van der Waals surface area contributed by atoms with Crippen molar-refractivity contribution < 1.29 is 9.47 Å². The van der Waals surface area contributed by atoms with Crippen LogP contribution in [0.3, 0.4) is 0 Å². The van der Waals surface area contributed by atoms with E-state index in [1.807, 2.05) is 36.4 Å². The number of nitrogens with one attached hydrogen (secondary N) is 2. The van der Waals surface area contributed by atoms with Crippen LogP contribution >= 0.6 is 24.0 Å². The quantitative estimate of drug-likeness (QED) is 0.264. The molecule has 0 radical (unpaired) electrons. The average molecular weight is 526 g/mol. The van der Waals surface area contributed by atoms with Crippen molar-refractivity contribution >= 4 is 29.9 Å². The molecule has 7 heteroatoms. The lowest BCUT2D eigenvalue weighted by atomic mass is 10.2. The molecule has 0 aliphatic heterocycles. The summed E-state index contributed by atoms with van der Waals surface area (Å²) in [7, 11) is 3.45. The third-order valence-corrected chi connectivity index (χ3v) is 4.80. The van der Waals surface area contributed by atoms with Gasteiger partial charge < -0.3 is 25.0 Å². The Morgan fingerprint density at radius 2 is 1.73 bits per heavy atom. The van der Waals surface area contributed by atoms with Gasteiger partial charge in [0.05, 0.1) is 7.11 Å². The zero-order chi connectivity index (χ0) is 20.9. The maximum atomic E-state index is 6.04. The summed E-state index contributed by atoms with van der Waals surface area (Å²) >= 11 is 0. The lowest BCUT2D eigenvalue weighted by molar-refractivity contribution is 0.221. The molecule has 2 N–H and O–H groups in total. The Bertz CT molecular complexity index is 766. The number of nitrogens with zero attached hydrogens (tertiary/aromatic N) is 2. The van der Waals surface area contributed by atoms with Crippen LogP contribution in [0, 0.1) is 0 Å². The molecule has 2 rings (SSSR count). The van der Waals surface area contributed by atoms with E-state index in [9.17, 15) is 0 Å². The largest absolute Gasteiger partial charge is 0.497 e. The summed E-state index contributed by atoms with van der Waals surface area (Å²) in [5.41, 5.74) is 2.24. The second-order valence-corrected chi connectivity index (χ2v) is 6.61. The van der Waals surface area contributed by atoms with Crippen LogP contribution in [0.2, 0.25) is 0 Å². The second kappa shape index (κ2) is 14.9. The number of hydrogen-bond acceptors (Lipinski definition) is 4. The highest BCUT2D eigenvalue weighted by atomic mass is 127. The molecule has 0 aliphatic rings. The predicted molar refractivity (Wildman–Crippen MR) is 135 cm³/mol. The molecule has 0 fully saturated rings. The zero-order valence-corrected chi connectivity index (χ0v) is 20.8. The van der Waals surface area contributed by atoms with E-state index < -0.39 is 0 Å². The van der Waals surface area contributed by atoms with Gasteiger partial charge in [-0.1, -0.05) is 44.2 Å². The van der Waals surface area contributed by atoms with E-state index in [1.165, 1.54) is 0 Å². The minimum atomic E-state index is 0. The van der Waals surface area contributed by atoms with Gasteiger partial charge in [-0.15, -0.1) is 24.0 Å². The standard InChI is InChI=1S/C23H34N4O2.HI/c1-5-27(6-2)14-15-29-22-13-8-7-11-20(22)18-26-23(24-3)25-17-19-10-9-12-21(16-19)28-4;/h7-13,16H,5-6,14-15,17-18H2,1-4H3,(H2,24,25,26);1H. The molecule has 2 aromatic carbocycles. The third-order valence-electron chi connectivity index (χ3n) is 4.80. The van der Waals surface area contributed by atoms with Gasteiger partial charge in [-0.3, -0.25) is 4.99 Å². The van der Waals surface area contributed by atoms with E-state index in [1.54, 1.807) is 14.2 Å². The highest BCUT2D eigenvalue weighted by Crippen LogP contribution is 2.17. The number of methoxy groups -OCH3 is 1. The lowest BCUT2D eigenvalue weighted by Crippen LogP contribution is -2.36. The molecule has 30 heavy (non-hydrogen) atoms. The normalized spacial score (nSPS) is 11.0. The molecule has 6 nitrogen and oxygen atoms in total. The van der Waals surface area contributed by atoms with Gasteiger partial charge in [-0.25, -0.2) is 0 Å². The summed E-state index contributed by atoms with van der Waals surface area (Å²) in [6.45, 7) is 9.34. The highest BCUT2D eigenvalue weighted by molar-refractivity contribution is 14.0. The fourth-order valence-corrected chi connectivity index (χ4v) is 2.98. The molecule has 0 spiro atoms. The molecule has 0 saturated carbocycles. The maximum absolute atomic E-state index is 6.04. The van der Waals surface area contributed by atoms with Crippen molar-refractivity contribution in [2.24, 2.45) is 4.99 Å². The summed E-state index contributed by atoms with van der Waals surface area (Å²) in [6.07, 6.45) is 0. The van der Waals surface area contributed by atoms with E-state index in [0.29, 0.717) is 19.7 Å². The number of likely N-dealkylation sites (N-methyl/N-ethyl adjacent to an activating group) is 1. The van der Waals surface area contributed by atoms with Gasteiger partial charge in [0.1, 0.15) is 18.1 Å². The van der Waals surface area contributed by atoms with Gasteiger partial charge in [0, 0.05) is 32.2 Å². The molecule has 0 aromatic heterocycles. The van der Waals surface area contributed by atoms with Gasteiger partial charge in [-0.2, -0.15) is 0 Å². The van der Waals surface area contributed by atoms with Crippen LogP contribution in [-0.2, 0) is 13.1 Å². The summed E-state index contributed by atoms with van der Waals surface area (Å²) < 4.78 is 11.3. The summed E-state index contributed by atoms with van der Waals surface area (Å²) in [4.78, 5) is 6.67. The van der Waals surface area contributed by atoms with E-state index >= 15 is 0 Å². The Hall–Kier alpha value is -2.00. The first-order valence-corrected chi connectivity index (χ1v) is 10.2. The van der Waals surface area contributed by atoms with Crippen LogP contribution in [0.4, 0.5) is 0 Å². The van der Waals surface area contributed by atoms with Gasteiger partial charge >= 0.3 is 0 Å². The molecular formula is C23H35IN4O2. The first-order valence-electron chi connectivity index (χ1n) is 10.2. The van der Waals surface area contributed by atoms with Gasteiger partial charge in [0.25, 0.3) is 0 Å². The fourth-order valence-electron chi connectivity index (χ4n) is 2.98. The SMILES string of the molecule is CCN(CC)CCOc1ccccc1CNC(=NC)NCc1cccc(OC)c1.I. The molecule has 166 valence electrons. The predicted octanol–water partition coefficient (Wildman–Crippen LogP) is 3.90. The molecule has 0 heterocycles. The van der Waals surface area contributed by atoms with Crippen molar-refractivity contribution in [2.45, 2.75) is 26.9 Å². The molecular weight excluding hydrogens is 491 g/mol. The van der Waals surface area contributed by atoms with Crippen molar-refractivity contribution in [3.63, 3.8) is 0 Å². The Kier molecular flexibility index (Phi) is 12.9. The number of para-hydroxylation sites is 1. The van der Waals surface area contributed by atoms with Crippen LogP contribution < -0.4 is 20.1 Å². The monoisotopic (exact) mass is 526 g/mol. The average Bonchev–Trinajstić information content (AvgIpc) is 2.77. The van der Waals surface area contributed by atoms with E-state index in [4.69, 9.17) is 9.47 Å². The molecule has 0 saturated heterocycles. The lowest BCUT2D eigenvalue weighted by Gasteiger charge is -2.19. The van der Waals surface area contributed by atoms with Crippen molar-refractivity contribution in [3.05, 3.63) is 59.7 Å². The molecule has 0 bridgehead atoms. The number of aliphatic imine (C=N–C) groups is 1. The molecule has 2 aromatic rings. The number of halogens is 1. The Morgan fingerprint density at radius 1 is 1.00 bits per heavy atom. The summed E-state index contributed by atoms with van der Waals surface area (Å²) in [5, 5.41) is 6.70. The van der Waals surface area contributed by atoms with Crippen LogP contribution in [-0.4, -0.2) is 51.3 Å². The summed E-state index contributed by atoms with van der Waals surface area (Å²) in [5.74, 6) is 2.50. The Labute approximate surface area is 198 Å². The number of guanidine groups is 1. The second-order valence-electron chi connectivity index (χ2n) is 6.61. The van der Waals surface area contributed by atoms with Crippen LogP contribution in [0.25, 0.3) is 0 Å². The van der Waals surface area contributed by atoms with Gasteiger partial charge in [0.2, 0.25) is 0 Å². The minimum absolute atomic E-state index is 0. The number of ether oxygens (including phenoxy) is 2. The minimum Gasteiger partial charge on any atom is -0.497 e. The van der Waals surface area contributed by atoms with Crippen molar-refractivity contribution in [1.82, 2.24) is 15.5 Å². The van der Waals surface area contributed by atoms with Gasteiger partial charge in [0.15, 0.2) is 5.96 Å². The van der Waals surface area contributed by atoms with Crippen LogP contribution in [0.5, 0.6) is 11.5 Å². The third kappa shape index (κ3) is 8.79. The number of benzene rings is 2. The Morgan fingerprint density at radius 3 is 2.43 bits per heavy atom. The van der Waals surface area contributed by atoms with Gasteiger partial charge in [-0.05, 0) is 36.9 Å².